The molecule has 17 heavy (non-hydrogen) atoms. The maximum absolute atomic E-state index is 13.3. The summed E-state index contributed by atoms with van der Waals surface area (Å²) in [5.74, 6) is -0.140. The summed E-state index contributed by atoms with van der Waals surface area (Å²) in [5, 5.41) is 3.38. The summed E-state index contributed by atoms with van der Waals surface area (Å²) in [6.45, 7) is 4.30. The van der Waals surface area contributed by atoms with E-state index in [0.717, 1.165) is 25.1 Å². The van der Waals surface area contributed by atoms with Gasteiger partial charge in [-0.05, 0) is 44.1 Å². The standard InChI is InChI=1S/C14H21FN2/c1-3-14(11-5-4-6-12(15)9-11)17(2)13-7-8-16-10-13/h4-6,9,13-14,16H,3,7-8,10H2,1-2H3. The van der Waals surface area contributed by atoms with Crippen molar-refractivity contribution in [3.63, 3.8) is 0 Å². The molecular weight excluding hydrogens is 215 g/mol. The first-order valence-corrected chi connectivity index (χ1v) is 6.40. The minimum Gasteiger partial charge on any atom is -0.315 e. The monoisotopic (exact) mass is 236 g/mol. The fraction of sp³-hybridized carbons (Fsp3) is 0.571. The fourth-order valence-corrected chi connectivity index (χ4v) is 2.71. The zero-order chi connectivity index (χ0) is 12.3. The molecule has 0 aliphatic carbocycles. The summed E-state index contributed by atoms with van der Waals surface area (Å²) >= 11 is 0. The summed E-state index contributed by atoms with van der Waals surface area (Å²) in [7, 11) is 2.15. The lowest BCUT2D eigenvalue weighted by Crippen LogP contribution is -2.36. The Morgan fingerprint density at radius 2 is 2.35 bits per heavy atom. The van der Waals surface area contributed by atoms with E-state index in [-0.39, 0.29) is 5.82 Å². The van der Waals surface area contributed by atoms with E-state index in [4.69, 9.17) is 0 Å². The molecule has 1 aliphatic rings. The average molecular weight is 236 g/mol. The van der Waals surface area contributed by atoms with Crippen LogP contribution >= 0.6 is 0 Å². The molecule has 0 bridgehead atoms. The zero-order valence-electron chi connectivity index (χ0n) is 10.6. The second-order valence-electron chi connectivity index (χ2n) is 4.79. The van der Waals surface area contributed by atoms with Crippen molar-refractivity contribution in [2.75, 3.05) is 20.1 Å². The van der Waals surface area contributed by atoms with Crippen LogP contribution in [0.15, 0.2) is 24.3 Å². The molecule has 3 heteroatoms. The van der Waals surface area contributed by atoms with E-state index in [2.05, 4.69) is 24.2 Å². The van der Waals surface area contributed by atoms with Gasteiger partial charge >= 0.3 is 0 Å². The van der Waals surface area contributed by atoms with E-state index in [1.807, 2.05) is 6.07 Å². The smallest absolute Gasteiger partial charge is 0.123 e. The van der Waals surface area contributed by atoms with E-state index in [9.17, 15) is 4.39 Å². The normalized spacial score (nSPS) is 22.0. The predicted octanol–water partition coefficient (Wildman–Crippen LogP) is 2.57. The SMILES string of the molecule is CCC(c1cccc(F)c1)N(C)C1CCNC1. The third kappa shape index (κ3) is 2.85. The van der Waals surface area contributed by atoms with E-state index >= 15 is 0 Å². The highest BCUT2D eigenvalue weighted by molar-refractivity contribution is 5.20. The molecule has 0 radical (unpaired) electrons. The van der Waals surface area contributed by atoms with Crippen LogP contribution < -0.4 is 5.32 Å². The Kier molecular flexibility index (Phi) is 4.13. The Labute approximate surface area is 103 Å². The lowest BCUT2D eigenvalue weighted by Gasteiger charge is -2.32. The number of rotatable bonds is 4. The lowest BCUT2D eigenvalue weighted by molar-refractivity contribution is 0.179. The Balaban J connectivity index is 2.14. The van der Waals surface area contributed by atoms with Crippen molar-refractivity contribution in [2.45, 2.75) is 31.8 Å². The molecule has 0 aromatic heterocycles. The van der Waals surface area contributed by atoms with Crippen molar-refractivity contribution >= 4 is 0 Å². The number of nitrogens with zero attached hydrogens (tertiary/aromatic N) is 1. The summed E-state index contributed by atoms with van der Waals surface area (Å²) in [4.78, 5) is 2.38. The van der Waals surface area contributed by atoms with Crippen LogP contribution in [0.5, 0.6) is 0 Å². The minimum absolute atomic E-state index is 0.140. The van der Waals surface area contributed by atoms with Gasteiger partial charge in [0.25, 0.3) is 0 Å². The van der Waals surface area contributed by atoms with Crippen LogP contribution in [0.1, 0.15) is 31.4 Å². The summed E-state index contributed by atoms with van der Waals surface area (Å²) < 4.78 is 13.3. The molecule has 1 aliphatic heterocycles. The van der Waals surface area contributed by atoms with Crippen molar-refractivity contribution in [3.8, 4) is 0 Å². The lowest BCUT2D eigenvalue weighted by atomic mass is 10.0. The van der Waals surface area contributed by atoms with Gasteiger partial charge in [-0.15, -0.1) is 0 Å². The highest BCUT2D eigenvalue weighted by Crippen LogP contribution is 2.26. The molecule has 1 fully saturated rings. The average Bonchev–Trinajstić information content (AvgIpc) is 2.83. The van der Waals surface area contributed by atoms with Gasteiger partial charge in [0.1, 0.15) is 5.82 Å². The van der Waals surface area contributed by atoms with E-state index in [0.29, 0.717) is 12.1 Å². The molecule has 1 aromatic rings. The molecule has 1 N–H and O–H groups in total. The van der Waals surface area contributed by atoms with Gasteiger partial charge in [-0.1, -0.05) is 19.1 Å². The molecule has 0 amide bonds. The summed E-state index contributed by atoms with van der Waals surface area (Å²) in [6.07, 6.45) is 2.19. The molecule has 1 heterocycles. The van der Waals surface area contributed by atoms with E-state index in [1.165, 1.54) is 12.5 Å². The number of hydrogen-bond acceptors (Lipinski definition) is 2. The van der Waals surface area contributed by atoms with Crippen LogP contribution in [0.25, 0.3) is 0 Å². The second kappa shape index (κ2) is 5.61. The van der Waals surface area contributed by atoms with Gasteiger partial charge < -0.3 is 5.32 Å². The maximum Gasteiger partial charge on any atom is 0.123 e. The Morgan fingerprint density at radius 3 is 2.94 bits per heavy atom. The third-order valence-corrected chi connectivity index (χ3v) is 3.72. The fourth-order valence-electron chi connectivity index (χ4n) is 2.71. The number of nitrogens with one attached hydrogen (secondary N) is 1. The van der Waals surface area contributed by atoms with E-state index < -0.39 is 0 Å². The Hall–Kier alpha value is -0.930. The molecule has 0 spiro atoms. The predicted molar refractivity (Wildman–Crippen MR) is 68.5 cm³/mol. The third-order valence-electron chi connectivity index (χ3n) is 3.72. The molecule has 2 unspecified atom stereocenters. The molecule has 1 aromatic carbocycles. The van der Waals surface area contributed by atoms with Crippen LogP contribution in [0.4, 0.5) is 4.39 Å². The first-order chi connectivity index (χ1) is 8.22. The molecule has 2 rings (SSSR count). The van der Waals surface area contributed by atoms with Crippen LogP contribution in [0, 0.1) is 5.82 Å². The van der Waals surface area contributed by atoms with Crippen LogP contribution in [0.3, 0.4) is 0 Å². The summed E-state index contributed by atoms with van der Waals surface area (Å²) in [5.41, 5.74) is 1.09. The van der Waals surface area contributed by atoms with Crippen molar-refractivity contribution in [3.05, 3.63) is 35.6 Å². The van der Waals surface area contributed by atoms with Gasteiger partial charge in [-0.2, -0.15) is 0 Å². The van der Waals surface area contributed by atoms with Gasteiger partial charge in [0, 0.05) is 18.6 Å². The van der Waals surface area contributed by atoms with Crippen molar-refractivity contribution in [1.29, 1.82) is 0 Å². The summed E-state index contributed by atoms with van der Waals surface area (Å²) in [6, 6.07) is 7.88. The van der Waals surface area contributed by atoms with Crippen molar-refractivity contribution in [2.24, 2.45) is 0 Å². The molecule has 1 saturated heterocycles. The van der Waals surface area contributed by atoms with Gasteiger partial charge in [-0.3, -0.25) is 4.90 Å². The van der Waals surface area contributed by atoms with E-state index in [1.54, 1.807) is 12.1 Å². The van der Waals surface area contributed by atoms with Gasteiger partial charge in [0.15, 0.2) is 0 Å². The van der Waals surface area contributed by atoms with Gasteiger partial charge in [0.05, 0.1) is 0 Å². The zero-order valence-corrected chi connectivity index (χ0v) is 10.6. The van der Waals surface area contributed by atoms with Crippen LogP contribution in [-0.4, -0.2) is 31.1 Å². The topological polar surface area (TPSA) is 15.3 Å². The van der Waals surface area contributed by atoms with Gasteiger partial charge in [-0.25, -0.2) is 4.39 Å². The molecule has 2 atom stereocenters. The van der Waals surface area contributed by atoms with Crippen LogP contribution in [0.2, 0.25) is 0 Å². The molecule has 2 nitrogen and oxygen atoms in total. The largest absolute Gasteiger partial charge is 0.315 e. The Bertz CT molecular complexity index is 361. The number of likely N-dealkylation sites (N-methyl/N-ethyl adjacent to an activating group) is 1. The second-order valence-corrected chi connectivity index (χ2v) is 4.79. The van der Waals surface area contributed by atoms with Crippen molar-refractivity contribution < 1.29 is 4.39 Å². The van der Waals surface area contributed by atoms with Gasteiger partial charge in [0.2, 0.25) is 0 Å². The quantitative estimate of drug-likeness (QED) is 0.864. The first-order valence-electron chi connectivity index (χ1n) is 6.40. The minimum atomic E-state index is -0.140. The maximum atomic E-state index is 13.3. The highest BCUT2D eigenvalue weighted by Gasteiger charge is 2.25. The number of benzene rings is 1. The highest BCUT2D eigenvalue weighted by atomic mass is 19.1. The molecule has 94 valence electrons. The number of halogens is 1. The Morgan fingerprint density at radius 1 is 1.53 bits per heavy atom. The number of hydrogen-bond donors (Lipinski definition) is 1. The molecule has 0 saturated carbocycles. The van der Waals surface area contributed by atoms with Crippen molar-refractivity contribution in [1.82, 2.24) is 10.2 Å². The first kappa shape index (κ1) is 12.5. The van der Waals surface area contributed by atoms with Crippen LogP contribution in [-0.2, 0) is 0 Å². The molecular formula is C14H21FN2.